The van der Waals surface area contributed by atoms with Crippen LogP contribution in [0.3, 0.4) is 0 Å². The molecule has 21 heavy (non-hydrogen) atoms. The molecule has 5 heteroatoms. The molecule has 3 nitrogen and oxygen atoms in total. The number of hydrogen-bond acceptors (Lipinski definition) is 2. The zero-order chi connectivity index (χ0) is 15.4. The Morgan fingerprint density at radius 1 is 1.33 bits per heavy atom. The maximum Gasteiger partial charge on any atom is 0.0766 e. The fourth-order valence-electron chi connectivity index (χ4n) is 2.52. The molecule has 0 saturated heterocycles. The number of nitrogens with zero attached hydrogens (tertiary/aromatic N) is 2. The first-order valence-electron chi connectivity index (χ1n) is 7.21. The van der Waals surface area contributed by atoms with E-state index >= 15 is 0 Å². The van der Waals surface area contributed by atoms with Crippen molar-refractivity contribution in [1.82, 2.24) is 9.78 Å². The SMILES string of the molecule is CCc1nn(CC)c(CC(CO)c2ccccc2Cl)c1Br. The minimum atomic E-state index is -0.0262. The Hall–Kier alpha value is -0.840. The molecule has 1 aromatic heterocycles. The summed E-state index contributed by atoms with van der Waals surface area (Å²) in [5, 5.41) is 15.1. The van der Waals surface area contributed by atoms with Gasteiger partial charge in [-0.25, -0.2) is 0 Å². The maximum atomic E-state index is 9.78. The molecule has 1 aromatic carbocycles. The predicted molar refractivity (Wildman–Crippen MR) is 90.0 cm³/mol. The van der Waals surface area contributed by atoms with Gasteiger partial charge < -0.3 is 5.11 Å². The molecule has 1 atom stereocenters. The molecule has 2 aromatic rings. The molecule has 0 aliphatic heterocycles. The summed E-state index contributed by atoms with van der Waals surface area (Å²) < 4.78 is 3.06. The number of aryl methyl sites for hydroxylation is 2. The molecule has 0 amide bonds. The van der Waals surface area contributed by atoms with Crippen molar-refractivity contribution in [3.05, 3.63) is 50.7 Å². The minimum Gasteiger partial charge on any atom is -0.396 e. The third-order valence-electron chi connectivity index (χ3n) is 3.70. The Balaban J connectivity index is 2.35. The van der Waals surface area contributed by atoms with Gasteiger partial charge >= 0.3 is 0 Å². The maximum absolute atomic E-state index is 9.78. The second-order valence-corrected chi connectivity index (χ2v) is 6.18. The number of aliphatic hydroxyl groups is 1. The van der Waals surface area contributed by atoms with Crippen LogP contribution in [0.5, 0.6) is 0 Å². The van der Waals surface area contributed by atoms with Gasteiger partial charge in [-0.15, -0.1) is 0 Å². The van der Waals surface area contributed by atoms with E-state index in [1.54, 1.807) is 0 Å². The van der Waals surface area contributed by atoms with Crippen LogP contribution < -0.4 is 0 Å². The molecule has 0 spiro atoms. The second kappa shape index (κ2) is 7.43. The van der Waals surface area contributed by atoms with Crippen LogP contribution in [0, 0.1) is 0 Å². The Labute approximate surface area is 139 Å². The number of aromatic nitrogens is 2. The van der Waals surface area contributed by atoms with Crippen LogP contribution in [0.2, 0.25) is 5.02 Å². The number of hydrogen-bond donors (Lipinski definition) is 1. The molecular formula is C16H20BrClN2O. The van der Waals surface area contributed by atoms with Crippen molar-refractivity contribution >= 4 is 27.5 Å². The average molecular weight is 372 g/mol. The smallest absolute Gasteiger partial charge is 0.0766 e. The van der Waals surface area contributed by atoms with Crippen molar-refractivity contribution in [1.29, 1.82) is 0 Å². The molecule has 114 valence electrons. The van der Waals surface area contributed by atoms with Gasteiger partial charge in [-0.1, -0.05) is 36.7 Å². The summed E-state index contributed by atoms with van der Waals surface area (Å²) in [4.78, 5) is 0. The minimum absolute atomic E-state index is 0.0262. The molecule has 1 heterocycles. The van der Waals surface area contributed by atoms with Crippen LogP contribution in [-0.4, -0.2) is 21.5 Å². The summed E-state index contributed by atoms with van der Waals surface area (Å²) in [5.74, 6) is -0.0262. The number of halogens is 2. The van der Waals surface area contributed by atoms with Gasteiger partial charge in [0.05, 0.1) is 22.5 Å². The predicted octanol–water partition coefficient (Wildman–Crippen LogP) is 4.20. The van der Waals surface area contributed by atoms with E-state index in [0.717, 1.165) is 34.4 Å². The Kier molecular flexibility index (Phi) is 5.85. The van der Waals surface area contributed by atoms with Crippen molar-refractivity contribution in [3.8, 4) is 0 Å². The standard InChI is InChI=1S/C16H20BrClN2O/c1-3-14-16(17)15(20(4-2)19-14)9-11(10-21)12-7-5-6-8-13(12)18/h5-8,11,21H,3-4,9-10H2,1-2H3. The molecule has 0 aliphatic rings. The first kappa shape index (κ1) is 16.5. The van der Waals surface area contributed by atoms with E-state index in [2.05, 4.69) is 34.9 Å². The summed E-state index contributed by atoms with van der Waals surface area (Å²) in [6.45, 7) is 5.04. The summed E-state index contributed by atoms with van der Waals surface area (Å²) in [6, 6.07) is 7.70. The van der Waals surface area contributed by atoms with Crippen LogP contribution >= 0.6 is 27.5 Å². The van der Waals surface area contributed by atoms with Crippen LogP contribution in [0.4, 0.5) is 0 Å². The van der Waals surface area contributed by atoms with Crippen LogP contribution in [0.15, 0.2) is 28.7 Å². The lowest BCUT2D eigenvalue weighted by atomic mass is 9.94. The molecular weight excluding hydrogens is 352 g/mol. The average Bonchev–Trinajstić information content (AvgIpc) is 2.81. The van der Waals surface area contributed by atoms with E-state index in [9.17, 15) is 5.11 Å². The molecule has 0 fully saturated rings. The number of rotatable bonds is 6. The molecule has 0 aliphatic carbocycles. The lowest BCUT2D eigenvalue weighted by Gasteiger charge is -2.17. The van der Waals surface area contributed by atoms with Gasteiger partial charge in [-0.05, 0) is 47.3 Å². The normalized spacial score (nSPS) is 12.6. The highest BCUT2D eigenvalue weighted by Gasteiger charge is 2.20. The molecule has 0 saturated carbocycles. The number of aliphatic hydroxyl groups excluding tert-OH is 1. The van der Waals surface area contributed by atoms with E-state index in [1.165, 1.54) is 0 Å². The van der Waals surface area contributed by atoms with Crippen LogP contribution in [-0.2, 0) is 19.4 Å². The summed E-state index contributed by atoms with van der Waals surface area (Å²) in [7, 11) is 0. The number of benzene rings is 1. The van der Waals surface area contributed by atoms with E-state index in [1.807, 2.05) is 28.9 Å². The van der Waals surface area contributed by atoms with Gasteiger partial charge in [-0.2, -0.15) is 5.10 Å². The fourth-order valence-corrected chi connectivity index (χ4v) is 3.54. The molecule has 1 unspecified atom stereocenters. The highest BCUT2D eigenvalue weighted by molar-refractivity contribution is 9.10. The molecule has 1 N–H and O–H groups in total. The Morgan fingerprint density at radius 3 is 2.62 bits per heavy atom. The van der Waals surface area contributed by atoms with Gasteiger partial charge in [0.2, 0.25) is 0 Å². The third-order valence-corrected chi connectivity index (χ3v) is 4.96. The van der Waals surface area contributed by atoms with Gasteiger partial charge in [-0.3, -0.25) is 4.68 Å². The summed E-state index contributed by atoms with van der Waals surface area (Å²) in [6.07, 6.45) is 1.60. The second-order valence-electron chi connectivity index (χ2n) is 4.98. The highest BCUT2D eigenvalue weighted by Crippen LogP contribution is 2.31. The van der Waals surface area contributed by atoms with E-state index < -0.39 is 0 Å². The van der Waals surface area contributed by atoms with Crippen molar-refractivity contribution in [3.63, 3.8) is 0 Å². The largest absolute Gasteiger partial charge is 0.396 e. The lowest BCUT2D eigenvalue weighted by molar-refractivity contribution is 0.262. The van der Waals surface area contributed by atoms with Crippen molar-refractivity contribution in [2.75, 3.05) is 6.61 Å². The third kappa shape index (κ3) is 3.50. The highest BCUT2D eigenvalue weighted by atomic mass is 79.9. The van der Waals surface area contributed by atoms with Crippen LogP contribution in [0.1, 0.15) is 36.7 Å². The van der Waals surface area contributed by atoms with Crippen LogP contribution in [0.25, 0.3) is 0 Å². The zero-order valence-corrected chi connectivity index (χ0v) is 14.7. The zero-order valence-electron chi connectivity index (χ0n) is 12.3. The van der Waals surface area contributed by atoms with E-state index in [-0.39, 0.29) is 12.5 Å². The van der Waals surface area contributed by atoms with E-state index in [0.29, 0.717) is 11.4 Å². The lowest BCUT2D eigenvalue weighted by Crippen LogP contribution is -2.12. The van der Waals surface area contributed by atoms with Crippen molar-refractivity contribution in [2.24, 2.45) is 0 Å². The molecule has 0 bridgehead atoms. The van der Waals surface area contributed by atoms with Gasteiger partial charge in [0.1, 0.15) is 0 Å². The first-order chi connectivity index (χ1) is 10.1. The molecule has 0 radical (unpaired) electrons. The summed E-state index contributed by atoms with van der Waals surface area (Å²) >= 11 is 9.92. The van der Waals surface area contributed by atoms with E-state index in [4.69, 9.17) is 11.6 Å². The van der Waals surface area contributed by atoms with Crippen molar-refractivity contribution < 1.29 is 5.11 Å². The van der Waals surface area contributed by atoms with Gasteiger partial charge in [0, 0.05) is 17.5 Å². The topological polar surface area (TPSA) is 38.0 Å². The van der Waals surface area contributed by atoms with Gasteiger partial charge in [0.15, 0.2) is 0 Å². The fraction of sp³-hybridized carbons (Fsp3) is 0.438. The van der Waals surface area contributed by atoms with Gasteiger partial charge in [0.25, 0.3) is 0 Å². The summed E-state index contributed by atoms with van der Waals surface area (Å²) in [5.41, 5.74) is 3.16. The molecule has 2 rings (SSSR count). The Bertz CT molecular complexity index is 612. The van der Waals surface area contributed by atoms with Crippen molar-refractivity contribution in [2.45, 2.75) is 39.2 Å². The first-order valence-corrected chi connectivity index (χ1v) is 8.38. The Morgan fingerprint density at radius 2 is 2.05 bits per heavy atom. The quantitative estimate of drug-likeness (QED) is 0.826. The monoisotopic (exact) mass is 370 g/mol.